The Balaban J connectivity index is 0.000000135. The molecule has 85 heavy (non-hydrogen) atoms. The maximum atomic E-state index is 11.9. The second kappa shape index (κ2) is 23.8. The van der Waals surface area contributed by atoms with E-state index < -0.39 is 44.6 Å². The lowest BCUT2D eigenvalue weighted by molar-refractivity contribution is -0.192. The first kappa shape index (κ1) is 59.0. The number of carbonyl (C=O) groups is 7. The van der Waals surface area contributed by atoms with Crippen LogP contribution >= 0.6 is 0 Å². The van der Waals surface area contributed by atoms with Gasteiger partial charge in [-0.25, -0.2) is 13.2 Å². The van der Waals surface area contributed by atoms with Gasteiger partial charge in [0.25, 0.3) is 22.9 Å². The van der Waals surface area contributed by atoms with Crippen LogP contribution < -0.4 is 43.0 Å². The SMILES string of the molecule is CS(=O)(=O)c1nc(NC2CC2)n2ncc(/C=C3\CC(=O)NC3=O)c2n1.CS(=O)c1nc(NC2CC2)n2ncc(/C=C3\CC(=O)NC3=O)c2n1.NC1CCC(Nc2nc(NC3CC3)n3ncc(/C=C4\CC(=O)NC4=O)c3n2)CC1.O=C(O)C(F)(F)F. The van der Waals surface area contributed by atoms with Crippen LogP contribution in [0.3, 0.4) is 0 Å². The van der Waals surface area contributed by atoms with Crippen molar-refractivity contribution >= 4 is 121 Å². The van der Waals surface area contributed by atoms with Gasteiger partial charge in [0, 0.05) is 76.1 Å². The fraction of sp³-hybridized carbons (Fsp3) is 0.429. The fourth-order valence-corrected chi connectivity index (χ4v) is 9.63. The molecule has 10 N–H and O–H groups in total. The quantitative estimate of drug-likeness (QED) is 0.0571. The van der Waals surface area contributed by atoms with E-state index in [1.165, 1.54) is 27.6 Å². The molecule has 6 aromatic rings. The normalized spacial score (nSPS) is 21.5. The smallest absolute Gasteiger partial charge is 0.475 e. The monoisotopic (exact) mass is 1220 g/mol. The standard InChI is InChI=1S/C19H24N8O2.C14H14N6O4S.C14H14N6O3S.C2HF3O2/c20-12-1-3-13(4-2-12)22-18-25-16-11(7-10-8-15(28)24-17(10)29)9-21-27(16)19(26-18)23-14-5-6-14;1-25(23,24)14-18-11-8(4-7-5-10(21)17-12(7)22)6-15-20(11)13(19-14)16-9-2-3-9;1-24(23)14-18-11-8(4-7-5-10(21)17-12(7)22)6-15-20(11)13(19-14)16-9-2-3-9;3-2(4,5)1(6)7/h7,9,12-14H,1-6,8,20H2,(H,24,28,29)(H2,22,23,25,26);4,6,9H,2-3,5H2,1H3,(H,16,18,19)(H,17,21,22);4,6,9H,2-3,5H2,1H3,(H,16,18,19)(H,17,21,22);(H,6,7)/b10-7+;2*7-4+;. The average Bonchev–Trinajstić information content (AvgIpc) is 1.98. The van der Waals surface area contributed by atoms with Crippen LogP contribution in [0.2, 0.25) is 0 Å². The number of nitrogens with zero attached hydrogens (tertiary/aromatic N) is 12. The number of aliphatic carboxylic acids is 1. The topological polar surface area (TPSA) is 430 Å². The van der Waals surface area contributed by atoms with Gasteiger partial charge < -0.3 is 32.1 Å². The van der Waals surface area contributed by atoms with E-state index in [2.05, 4.69) is 82.4 Å². The minimum Gasteiger partial charge on any atom is -0.475 e. The number of carboxylic acids is 1. The number of carbonyl (C=O) groups excluding carboxylic acids is 6. The number of hydrogen-bond donors (Lipinski definition) is 9. The highest BCUT2D eigenvalue weighted by Crippen LogP contribution is 2.30. The van der Waals surface area contributed by atoms with Crippen molar-refractivity contribution in [1.29, 1.82) is 0 Å². The van der Waals surface area contributed by atoms with Gasteiger partial charge in [-0.2, -0.15) is 71.9 Å². The number of hydrogen-bond acceptors (Lipinski definition) is 24. The van der Waals surface area contributed by atoms with Gasteiger partial charge in [0.15, 0.2) is 16.9 Å². The van der Waals surface area contributed by atoms with Gasteiger partial charge in [-0.05, 0) is 82.4 Å². The molecule has 7 fully saturated rings. The Labute approximate surface area is 480 Å². The predicted molar refractivity (Wildman–Crippen MR) is 292 cm³/mol. The van der Waals surface area contributed by atoms with Crippen molar-refractivity contribution in [3.8, 4) is 0 Å². The van der Waals surface area contributed by atoms with Crippen LogP contribution in [-0.4, -0.2) is 167 Å². The number of alkyl halides is 3. The molecule has 448 valence electrons. The molecule has 31 nitrogen and oxygen atoms in total. The third-order valence-electron chi connectivity index (χ3n) is 13.5. The number of fused-ring (bicyclic) bond motifs is 3. The van der Waals surface area contributed by atoms with Crippen molar-refractivity contribution in [1.82, 2.24) is 74.7 Å². The molecule has 36 heteroatoms. The number of nitrogens with one attached hydrogen (secondary N) is 7. The molecule has 1 atom stereocenters. The molecule has 0 aromatic carbocycles. The van der Waals surface area contributed by atoms with Gasteiger partial charge in [0.2, 0.25) is 56.5 Å². The van der Waals surface area contributed by atoms with Gasteiger partial charge in [-0.1, -0.05) is 0 Å². The highest BCUT2D eigenvalue weighted by atomic mass is 32.2. The van der Waals surface area contributed by atoms with E-state index in [9.17, 15) is 54.6 Å². The lowest BCUT2D eigenvalue weighted by Crippen LogP contribution is -2.33. The Kier molecular flexibility index (Phi) is 16.5. The van der Waals surface area contributed by atoms with Crippen molar-refractivity contribution in [2.45, 2.75) is 130 Å². The lowest BCUT2D eigenvalue weighted by atomic mass is 9.92. The van der Waals surface area contributed by atoms with Gasteiger partial charge in [0.1, 0.15) is 0 Å². The Morgan fingerprint density at radius 3 is 1.31 bits per heavy atom. The second-order valence-electron chi connectivity index (χ2n) is 20.7. The number of aromatic nitrogens is 12. The molecule has 7 aliphatic rings. The van der Waals surface area contributed by atoms with E-state index in [0.717, 1.165) is 70.5 Å². The Morgan fingerprint density at radius 2 is 0.953 bits per heavy atom. The molecule has 0 spiro atoms. The first-order chi connectivity index (χ1) is 40.3. The molecule has 0 radical (unpaired) electrons. The Hall–Kier alpha value is -9.19. The first-order valence-electron chi connectivity index (χ1n) is 26.4. The first-order valence-corrected chi connectivity index (χ1v) is 29.8. The molecule has 13 rings (SSSR count). The van der Waals surface area contributed by atoms with E-state index in [0.29, 0.717) is 69.1 Å². The van der Waals surface area contributed by atoms with E-state index in [1.807, 2.05) is 0 Å². The van der Waals surface area contributed by atoms with Crippen molar-refractivity contribution in [3.63, 3.8) is 0 Å². The number of anilines is 4. The summed E-state index contributed by atoms with van der Waals surface area (Å²) in [6, 6.07) is 1.53. The molecule has 6 aromatic heterocycles. The number of rotatable bonds is 13. The van der Waals surface area contributed by atoms with Crippen LogP contribution in [0.5, 0.6) is 0 Å². The van der Waals surface area contributed by atoms with Crippen molar-refractivity contribution in [2.24, 2.45) is 5.73 Å². The third kappa shape index (κ3) is 14.6. The number of nitrogens with two attached hydrogens (primary N) is 1. The molecule has 3 saturated heterocycles. The van der Waals surface area contributed by atoms with Crippen LogP contribution in [0, 0.1) is 0 Å². The summed E-state index contributed by atoms with van der Waals surface area (Å²) in [5.41, 5.74) is 10.0. The largest absolute Gasteiger partial charge is 0.490 e. The average molecular weight is 1220 g/mol. The molecule has 1 unspecified atom stereocenters. The van der Waals surface area contributed by atoms with Gasteiger partial charge in [-0.15, -0.1) is 0 Å². The Bertz CT molecular complexity index is 3990. The van der Waals surface area contributed by atoms with Gasteiger partial charge in [0.05, 0.1) is 48.7 Å². The van der Waals surface area contributed by atoms with Crippen molar-refractivity contribution in [2.75, 3.05) is 33.8 Å². The highest BCUT2D eigenvalue weighted by molar-refractivity contribution is 7.90. The molecule has 4 aliphatic carbocycles. The molecule has 4 saturated carbocycles. The van der Waals surface area contributed by atoms with E-state index in [1.54, 1.807) is 29.1 Å². The van der Waals surface area contributed by atoms with E-state index in [-0.39, 0.29) is 88.5 Å². The van der Waals surface area contributed by atoms with Crippen molar-refractivity contribution < 1.29 is 64.5 Å². The number of carboxylic acid groups (broad SMARTS) is 1. The summed E-state index contributed by atoms with van der Waals surface area (Å²) in [7, 11) is -4.99. The zero-order valence-electron chi connectivity index (χ0n) is 45.0. The van der Waals surface area contributed by atoms with Gasteiger partial charge >= 0.3 is 12.1 Å². The summed E-state index contributed by atoms with van der Waals surface area (Å²) in [6.07, 6.45) is 17.1. The van der Waals surface area contributed by atoms with Crippen molar-refractivity contribution in [3.05, 3.63) is 52.0 Å². The maximum absolute atomic E-state index is 11.9. The molecule has 9 heterocycles. The predicted octanol–water partition coefficient (Wildman–Crippen LogP) is 0.842. The maximum Gasteiger partial charge on any atom is 0.490 e. The van der Waals surface area contributed by atoms with E-state index >= 15 is 0 Å². The van der Waals surface area contributed by atoms with Crippen LogP contribution in [0.25, 0.3) is 35.2 Å². The second-order valence-corrected chi connectivity index (χ2v) is 23.9. The number of sulfone groups is 1. The number of amides is 6. The zero-order chi connectivity index (χ0) is 60.6. The Morgan fingerprint density at radius 1 is 0.600 bits per heavy atom. The molecular weight excluding hydrogens is 1170 g/mol. The minimum absolute atomic E-state index is 0.0288. The number of imide groups is 3. The summed E-state index contributed by atoms with van der Waals surface area (Å²) >= 11 is 0. The zero-order valence-corrected chi connectivity index (χ0v) is 46.6. The number of halogens is 3. The van der Waals surface area contributed by atoms with Crippen LogP contribution in [0.4, 0.5) is 37.0 Å². The summed E-state index contributed by atoms with van der Waals surface area (Å²) in [4.78, 5) is 104. The summed E-state index contributed by atoms with van der Waals surface area (Å²) in [5, 5.41) is 39.8. The third-order valence-corrected chi connectivity index (χ3v) is 15.0. The summed E-state index contributed by atoms with van der Waals surface area (Å²) in [6.45, 7) is 0. The lowest BCUT2D eigenvalue weighted by Gasteiger charge is -2.26. The molecule has 3 aliphatic heterocycles. The van der Waals surface area contributed by atoms with Crippen LogP contribution in [0.1, 0.15) is 100 Å². The van der Waals surface area contributed by atoms with Crippen LogP contribution in [-0.2, 0) is 54.2 Å². The molecule has 6 amide bonds. The highest BCUT2D eigenvalue weighted by Gasteiger charge is 2.38. The minimum atomic E-state index is -5.08. The molecular formula is C49H53F3N20O11S2. The summed E-state index contributed by atoms with van der Waals surface area (Å²) < 4.78 is 71.9. The molecule has 0 bridgehead atoms. The van der Waals surface area contributed by atoms with Gasteiger partial charge in [-0.3, -0.25) is 48.9 Å². The van der Waals surface area contributed by atoms with Crippen LogP contribution in [0.15, 0.2) is 45.6 Å². The summed E-state index contributed by atoms with van der Waals surface area (Å²) in [5.74, 6) is -3.09. The van der Waals surface area contributed by atoms with E-state index in [4.69, 9.17) is 15.6 Å². The fourth-order valence-electron chi connectivity index (χ4n) is 8.69.